The maximum Gasteiger partial charge on any atom is 0.276 e. The van der Waals surface area contributed by atoms with E-state index in [-0.39, 0.29) is 5.91 Å². The normalized spacial score (nSPS) is 10.7. The third-order valence-corrected chi connectivity index (χ3v) is 3.45. The highest BCUT2D eigenvalue weighted by Gasteiger charge is 2.15. The van der Waals surface area contributed by atoms with Crippen molar-refractivity contribution < 1.29 is 4.79 Å². The first-order valence-electron chi connectivity index (χ1n) is 6.82. The van der Waals surface area contributed by atoms with E-state index in [1.54, 1.807) is 12.1 Å². The molecule has 21 heavy (non-hydrogen) atoms. The topological polar surface area (TPSA) is 83.8 Å². The molecule has 0 unspecified atom stereocenters. The molecule has 5 heteroatoms. The molecule has 5 nitrogen and oxygen atoms in total. The molecule has 1 amide bonds. The van der Waals surface area contributed by atoms with Gasteiger partial charge in [-0.1, -0.05) is 25.1 Å². The summed E-state index contributed by atoms with van der Waals surface area (Å²) in [7, 11) is 0. The van der Waals surface area contributed by atoms with Crippen LogP contribution in [0.2, 0.25) is 0 Å². The molecule has 0 radical (unpaired) electrons. The van der Waals surface area contributed by atoms with Gasteiger partial charge in [-0.2, -0.15) is 5.10 Å². The van der Waals surface area contributed by atoms with E-state index in [0.29, 0.717) is 11.4 Å². The zero-order valence-corrected chi connectivity index (χ0v) is 11.7. The predicted octanol–water partition coefficient (Wildman–Crippen LogP) is 2.96. The van der Waals surface area contributed by atoms with E-state index in [1.165, 1.54) is 0 Å². The van der Waals surface area contributed by atoms with Gasteiger partial charge in [0.1, 0.15) is 0 Å². The van der Waals surface area contributed by atoms with Crippen LogP contribution in [0.15, 0.2) is 42.5 Å². The Bertz CT molecular complexity index is 807. The molecule has 106 valence electrons. The van der Waals surface area contributed by atoms with Gasteiger partial charge in [0.05, 0.1) is 5.52 Å². The van der Waals surface area contributed by atoms with Crippen LogP contribution in [0.25, 0.3) is 10.9 Å². The highest BCUT2D eigenvalue weighted by Crippen LogP contribution is 2.21. The van der Waals surface area contributed by atoms with Crippen LogP contribution in [-0.4, -0.2) is 16.1 Å². The van der Waals surface area contributed by atoms with E-state index in [2.05, 4.69) is 22.4 Å². The van der Waals surface area contributed by atoms with Gasteiger partial charge in [-0.05, 0) is 36.2 Å². The van der Waals surface area contributed by atoms with Gasteiger partial charge < -0.3 is 11.1 Å². The lowest BCUT2D eigenvalue weighted by molar-refractivity contribution is 0.102. The number of nitrogen functional groups attached to an aromatic ring is 1. The molecule has 0 fully saturated rings. The summed E-state index contributed by atoms with van der Waals surface area (Å²) in [4.78, 5) is 12.4. The number of aromatic nitrogens is 2. The fourth-order valence-corrected chi connectivity index (χ4v) is 2.34. The largest absolute Gasteiger partial charge is 0.399 e. The average Bonchev–Trinajstić information content (AvgIpc) is 2.90. The molecule has 3 rings (SSSR count). The second-order valence-electron chi connectivity index (χ2n) is 4.84. The lowest BCUT2D eigenvalue weighted by Gasteiger charge is -2.08. The zero-order valence-electron chi connectivity index (χ0n) is 11.7. The van der Waals surface area contributed by atoms with Gasteiger partial charge >= 0.3 is 0 Å². The molecule has 0 aliphatic rings. The van der Waals surface area contributed by atoms with Gasteiger partial charge in [0.25, 0.3) is 5.91 Å². The van der Waals surface area contributed by atoms with E-state index >= 15 is 0 Å². The number of rotatable bonds is 3. The summed E-state index contributed by atoms with van der Waals surface area (Å²) in [6.45, 7) is 2.05. The number of benzene rings is 2. The van der Waals surface area contributed by atoms with Gasteiger partial charge in [0, 0.05) is 16.8 Å². The number of nitrogens with one attached hydrogen (secondary N) is 2. The van der Waals surface area contributed by atoms with Gasteiger partial charge in [-0.3, -0.25) is 9.89 Å². The smallest absolute Gasteiger partial charge is 0.276 e. The molecule has 4 N–H and O–H groups in total. The van der Waals surface area contributed by atoms with Gasteiger partial charge in [-0.25, -0.2) is 0 Å². The standard InChI is InChI=1S/C16H16N4O/c1-2-10-5-3-4-6-13(10)18-16(21)15-12-9-11(17)7-8-14(12)19-20-15/h3-9H,2,17H2,1H3,(H,18,21)(H,19,20). The number of aromatic amines is 1. The molecule has 0 aliphatic carbocycles. The molecule has 0 bridgehead atoms. The maximum absolute atomic E-state index is 12.4. The van der Waals surface area contributed by atoms with Crippen molar-refractivity contribution in [2.75, 3.05) is 11.1 Å². The first kappa shape index (κ1) is 13.2. The third-order valence-electron chi connectivity index (χ3n) is 3.45. The SMILES string of the molecule is CCc1ccccc1NC(=O)c1n[nH]c2ccc(N)cc12. The molecule has 0 aliphatic heterocycles. The quantitative estimate of drug-likeness (QED) is 0.645. The Balaban J connectivity index is 1.96. The Morgan fingerprint density at radius 3 is 2.90 bits per heavy atom. The second kappa shape index (κ2) is 5.28. The Labute approximate surface area is 122 Å². The molecular weight excluding hydrogens is 264 g/mol. The lowest BCUT2D eigenvalue weighted by Crippen LogP contribution is -2.14. The molecule has 0 spiro atoms. The minimum absolute atomic E-state index is 0.243. The van der Waals surface area contributed by atoms with Crippen LogP contribution in [0.3, 0.4) is 0 Å². The number of nitrogens with two attached hydrogens (primary N) is 1. The highest BCUT2D eigenvalue weighted by atomic mass is 16.1. The number of nitrogens with zero attached hydrogens (tertiary/aromatic N) is 1. The second-order valence-corrected chi connectivity index (χ2v) is 4.84. The predicted molar refractivity (Wildman–Crippen MR) is 84.3 cm³/mol. The van der Waals surface area contributed by atoms with Crippen LogP contribution in [0.5, 0.6) is 0 Å². The molecule has 1 aromatic heterocycles. The summed E-state index contributed by atoms with van der Waals surface area (Å²) in [6.07, 6.45) is 0.852. The third kappa shape index (κ3) is 2.45. The Morgan fingerprint density at radius 2 is 2.10 bits per heavy atom. The summed E-state index contributed by atoms with van der Waals surface area (Å²) < 4.78 is 0. The maximum atomic E-state index is 12.4. The minimum atomic E-state index is -0.243. The van der Waals surface area contributed by atoms with Crippen molar-refractivity contribution in [3.63, 3.8) is 0 Å². The first-order chi connectivity index (χ1) is 10.2. The van der Waals surface area contributed by atoms with Crippen LogP contribution in [0, 0.1) is 0 Å². The van der Waals surface area contributed by atoms with Crippen molar-refractivity contribution in [3.05, 3.63) is 53.7 Å². The average molecular weight is 280 g/mol. The molecule has 0 saturated heterocycles. The van der Waals surface area contributed by atoms with E-state index in [0.717, 1.165) is 28.6 Å². The fraction of sp³-hybridized carbons (Fsp3) is 0.125. The molecule has 2 aromatic carbocycles. The minimum Gasteiger partial charge on any atom is -0.399 e. The Hall–Kier alpha value is -2.82. The molecule has 0 saturated carbocycles. The summed E-state index contributed by atoms with van der Waals surface area (Å²) in [5.74, 6) is -0.243. The van der Waals surface area contributed by atoms with Crippen molar-refractivity contribution in [2.45, 2.75) is 13.3 Å². The van der Waals surface area contributed by atoms with Gasteiger partial charge in [-0.15, -0.1) is 0 Å². The van der Waals surface area contributed by atoms with Crippen LogP contribution < -0.4 is 11.1 Å². The number of hydrogen-bond donors (Lipinski definition) is 3. The summed E-state index contributed by atoms with van der Waals surface area (Å²) in [5.41, 5.74) is 9.42. The highest BCUT2D eigenvalue weighted by molar-refractivity contribution is 6.11. The molecule has 0 atom stereocenters. The Morgan fingerprint density at radius 1 is 1.29 bits per heavy atom. The number of aryl methyl sites for hydroxylation is 1. The van der Waals surface area contributed by atoms with E-state index in [9.17, 15) is 4.79 Å². The first-order valence-corrected chi connectivity index (χ1v) is 6.82. The van der Waals surface area contributed by atoms with E-state index < -0.39 is 0 Å². The Kier molecular flexibility index (Phi) is 3.31. The lowest BCUT2D eigenvalue weighted by atomic mass is 10.1. The van der Waals surface area contributed by atoms with Crippen LogP contribution in [-0.2, 0) is 6.42 Å². The van der Waals surface area contributed by atoms with Gasteiger partial charge in [0.2, 0.25) is 0 Å². The summed E-state index contributed by atoms with van der Waals surface area (Å²) in [6, 6.07) is 13.1. The number of amides is 1. The van der Waals surface area contributed by atoms with Crippen molar-refractivity contribution in [3.8, 4) is 0 Å². The van der Waals surface area contributed by atoms with Crippen LogP contribution >= 0.6 is 0 Å². The number of para-hydroxylation sites is 1. The van der Waals surface area contributed by atoms with Crippen LogP contribution in [0.4, 0.5) is 11.4 Å². The zero-order chi connectivity index (χ0) is 14.8. The number of anilines is 2. The number of carbonyl (C=O) groups is 1. The summed E-state index contributed by atoms with van der Waals surface area (Å²) >= 11 is 0. The molecule has 3 aromatic rings. The molecule has 1 heterocycles. The number of fused-ring (bicyclic) bond motifs is 1. The van der Waals surface area contributed by atoms with Gasteiger partial charge in [0.15, 0.2) is 5.69 Å². The van der Waals surface area contributed by atoms with Crippen molar-refractivity contribution in [2.24, 2.45) is 0 Å². The monoisotopic (exact) mass is 280 g/mol. The fourth-order valence-electron chi connectivity index (χ4n) is 2.34. The van der Waals surface area contributed by atoms with Crippen LogP contribution in [0.1, 0.15) is 23.0 Å². The van der Waals surface area contributed by atoms with Crippen molar-refractivity contribution in [1.82, 2.24) is 10.2 Å². The number of hydrogen-bond acceptors (Lipinski definition) is 3. The summed E-state index contributed by atoms with van der Waals surface area (Å²) in [5, 5.41) is 10.6. The number of carbonyl (C=O) groups excluding carboxylic acids is 1. The number of H-pyrrole nitrogens is 1. The van der Waals surface area contributed by atoms with Crippen molar-refractivity contribution in [1.29, 1.82) is 0 Å². The van der Waals surface area contributed by atoms with E-state index in [4.69, 9.17) is 5.73 Å². The molecular formula is C16H16N4O. The van der Waals surface area contributed by atoms with E-state index in [1.807, 2.05) is 30.3 Å². The van der Waals surface area contributed by atoms with Crippen molar-refractivity contribution >= 4 is 28.2 Å².